The average Bonchev–Trinajstić information content (AvgIpc) is 2.06. The Hall–Kier alpha value is -1.56. The summed E-state index contributed by atoms with van der Waals surface area (Å²) in [4.78, 5) is 20.9. The van der Waals surface area contributed by atoms with Crippen LogP contribution in [0.3, 0.4) is 0 Å². The Bertz CT molecular complexity index is 271. The fourth-order valence-corrected chi connectivity index (χ4v) is 0.884. The van der Waals surface area contributed by atoms with Gasteiger partial charge >= 0.3 is 0 Å². The zero-order valence-corrected chi connectivity index (χ0v) is 5.91. The van der Waals surface area contributed by atoms with Crippen molar-refractivity contribution in [3.8, 4) is 0 Å². The monoisotopic (exact) mass is 170 g/mol. The van der Waals surface area contributed by atoms with Crippen molar-refractivity contribution in [1.29, 1.82) is 0 Å². The van der Waals surface area contributed by atoms with Crippen molar-refractivity contribution in [1.82, 2.24) is 0 Å². The van der Waals surface area contributed by atoms with Gasteiger partial charge in [-0.15, -0.1) is 4.91 Å². The van der Waals surface area contributed by atoms with Crippen LogP contribution in [0.15, 0.2) is 22.5 Å². The molecule has 1 aliphatic rings. The third-order valence-corrected chi connectivity index (χ3v) is 1.54. The Balaban J connectivity index is 3.00. The van der Waals surface area contributed by atoms with Gasteiger partial charge in [-0.3, -0.25) is 4.79 Å². The Morgan fingerprint density at radius 2 is 2.08 bits per heavy atom. The van der Waals surface area contributed by atoms with Gasteiger partial charge in [0.05, 0.1) is 0 Å². The van der Waals surface area contributed by atoms with E-state index in [0.717, 1.165) is 12.2 Å². The molecule has 64 valence electrons. The van der Waals surface area contributed by atoms with E-state index in [1.54, 1.807) is 0 Å². The molecule has 0 aliphatic heterocycles. The van der Waals surface area contributed by atoms with Crippen LogP contribution in [0.25, 0.3) is 0 Å². The minimum Gasteiger partial charge on any atom is -0.411 e. The molecule has 0 fully saturated rings. The fraction of sp³-hybridized carbons (Fsp3) is 0.333. The van der Waals surface area contributed by atoms with E-state index in [9.17, 15) is 9.70 Å². The van der Waals surface area contributed by atoms with Crippen molar-refractivity contribution in [2.24, 2.45) is 10.3 Å². The molecule has 12 heavy (non-hydrogen) atoms. The minimum absolute atomic E-state index is 0.140. The van der Waals surface area contributed by atoms with E-state index in [1.807, 2.05) is 0 Å². The van der Waals surface area contributed by atoms with Crippen LogP contribution in [0.2, 0.25) is 0 Å². The van der Waals surface area contributed by atoms with Gasteiger partial charge in [-0.2, -0.15) is 0 Å². The first-order valence-electron chi connectivity index (χ1n) is 3.15. The Morgan fingerprint density at radius 1 is 1.42 bits per heavy atom. The van der Waals surface area contributed by atoms with E-state index in [1.165, 1.54) is 0 Å². The SMILES string of the molecule is O=NC1C(=O)C=CC(=NO)C1O. The first-order valence-corrected chi connectivity index (χ1v) is 3.15. The van der Waals surface area contributed by atoms with E-state index < -0.39 is 17.9 Å². The number of rotatable bonds is 1. The second kappa shape index (κ2) is 3.22. The maximum absolute atomic E-state index is 10.8. The number of hydrogen-bond donors (Lipinski definition) is 2. The highest BCUT2D eigenvalue weighted by Gasteiger charge is 2.33. The molecule has 0 amide bonds. The number of aliphatic hydroxyl groups excluding tert-OH is 1. The first kappa shape index (κ1) is 8.54. The van der Waals surface area contributed by atoms with E-state index >= 15 is 0 Å². The molecular weight excluding hydrogens is 164 g/mol. The Morgan fingerprint density at radius 3 is 2.58 bits per heavy atom. The third kappa shape index (κ3) is 1.24. The van der Waals surface area contributed by atoms with Crippen LogP contribution >= 0.6 is 0 Å². The van der Waals surface area contributed by atoms with E-state index in [4.69, 9.17) is 10.3 Å². The lowest BCUT2D eigenvalue weighted by atomic mass is 9.97. The topological polar surface area (TPSA) is 99.3 Å². The molecule has 1 rings (SSSR count). The van der Waals surface area contributed by atoms with Crippen LogP contribution in [0.5, 0.6) is 0 Å². The summed E-state index contributed by atoms with van der Waals surface area (Å²) in [6.45, 7) is 0. The summed E-state index contributed by atoms with van der Waals surface area (Å²) in [7, 11) is 0. The molecular formula is C6H6N2O4. The van der Waals surface area contributed by atoms with Crippen LogP contribution in [-0.2, 0) is 4.79 Å². The molecule has 2 atom stereocenters. The van der Waals surface area contributed by atoms with E-state index in [2.05, 4.69) is 10.3 Å². The summed E-state index contributed by atoms with van der Waals surface area (Å²) in [6, 6.07) is -1.39. The predicted molar refractivity (Wildman–Crippen MR) is 39.0 cm³/mol. The second-order valence-corrected chi connectivity index (χ2v) is 2.26. The molecule has 6 heteroatoms. The number of carbonyl (C=O) groups is 1. The standard InChI is InChI=1S/C6H6N2O4/c9-4-2-1-3(7-11)6(10)5(4)8-12/h1-2,5-6,10-11H. The van der Waals surface area contributed by atoms with Crippen LogP contribution in [-0.4, -0.2) is 34.0 Å². The van der Waals surface area contributed by atoms with Gasteiger partial charge in [0.15, 0.2) is 11.8 Å². The summed E-state index contributed by atoms with van der Waals surface area (Å²) >= 11 is 0. The maximum Gasteiger partial charge on any atom is 0.186 e. The van der Waals surface area contributed by atoms with Crippen LogP contribution < -0.4 is 0 Å². The van der Waals surface area contributed by atoms with Crippen molar-refractivity contribution in [2.45, 2.75) is 12.1 Å². The number of nitroso groups, excluding NO2 is 1. The van der Waals surface area contributed by atoms with Crippen molar-refractivity contribution in [3.63, 3.8) is 0 Å². The van der Waals surface area contributed by atoms with E-state index in [-0.39, 0.29) is 5.71 Å². The van der Waals surface area contributed by atoms with Crippen molar-refractivity contribution >= 4 is 11.5 Å². The minimum atomic E-state index is -1.44. The lowest BCUT2D eigenvalue weighted by Gasteiger charge is -2.16. The van der Waals surface area contributed by atoms with Crippen LogP contribution in [0, 0.1) is 4.91 Å². The molecule has 2 unspecified atom stereocenters. The van der Waals surface area contributed by atoms with Crippen molar-refractivity contribution < 1.29 is 15.1 Å². The van der Waals surface area contributed by atoms with Gasteiger partial charge in [0, 0.05) is 0 Å². The molecule has 2 N–H and O–H groups in total. The van der Waals surface area contributed by atoms with Gasteiger partial charge in [0.2, 0.25) is 0 Å². The van der Waals surface area contributed by atoms with Crippen molar-refractivity contribution in [2.75, 3.05) is 0 Å². The molecule has 1 aliphatic carbocycles. The molecule has 0 aromatic rings. The number of aliphatic hydroxyl groups is 1. The second-order valence-electron chi connectivity index (χ2n) is 2.26. The summed E-state index contributed by atoms with van der Waals surface area (Å²) in [5.41, 5.74) is -0.140. The zero-order valence-electron chi connectivity index (χ0n) is 5.91. The van der Waals surface area contributed by atoms with Gasteiger partial charge in [-0.05, 0) is 12.2 Å². The fourth-order valence-electron chi connectivity index (χ4n) is 0.884. The number of hydrogen-bond acceptors (Lipinski definition) is 6. The number of ketones is 1. The van der Waals surface area contributed by atoms with Crippen LogP contribution in [0.1, 0.15) is 0 Å². The molecule has 6 nitrogen and oxygen atoms in total. The normalized spacial score (nSPS) is 32.4. The first-order chi connectivity index (χ1) is 5.70. The largest absolute Gasteiger partial charge is 0.411 e. The molecule has 0 heterocycles. The summed E-state index contributed by atoms with van der Waals surface area (Å²) in [6.07, 6.45) is 0.729. The van der Waals surface area contributed by atoms with Gasteiger partial charge in [0.1, 0.15) is 11.8 Å². The number of oxime groups is 1. The molecule has 0 spiro atoms. The Kier molecular flexibility index (Phi) is 2.29. The third-order valence-electron chi connectivity index (χ3n) is 1.54. The summed E-state index contributed by atoms with van der Waals surface area (Å²) < 4.78 is 0. The molecule has 0 radical (unpaired) electrons. The lowest BCUT2D eigenvalue weighted by Crippen LogP contribution is -2.40. The maximum atomic E-state index is 10.8. The molecule has 0 bridgehead atoms. The molecule has 0 aromatic heterocycles. The summed E-state index contributed by atoms with van der Waals surface area (Å²) in [5, 5.41) is 22.5. The van der Waals surface area contributed by atoms with Gasteiger partial charge in [0.25, 0.3) is 0 Å². The molecule has 0 aromatic carbocycles. The van der Waals surface area contributed by atoms with Crippen molar-refractivity contribution in [3.05, 3.63) is 17.1 Å². The average molecular weight is 170 g/mol. The highest BCUT2D eigenvalue weighted by atomic mass is 16.4. The number of carbonyl (C=O) groups excluding carboxylic acids is 1. The quantitative estimate of drug-likeness (QED) is 0.313. The lowest BCUT2D eigenvalue weighted by molar-refractivity contribution is -0.117. The Labute approximate surface area is 67.2 Å². The highest BCUT2D eigenvalue weighted by Crippen LogP contribution is 2.10. The predicted octanol–water partition coefficient (Wildman–Crippen LogP) is -0.549. The highest BCUT2D eigenvalue weighted by molar-refractivity contribution is 6.12. The zero-order chi connectivity index (χ0) is 9.14. The molecule has 0 saturated carbocycles. The smallest absolute Gasteiger partial charge is 0.186 e. The van der Waals surface area contributed by atoms with Gasteiger partial charge in [-0.1, -0.05) is 10.3 Å². The molecule has 0 saturated heterocycles. The summed E-state index contributed by atoms with van der Waals surface area (Å²) in [5.74, 6) is -0.593. The number of nitrogens with zero attached hydrogens (tertiary/aromatic N) is 2. The van der Waals surface area contributed by atoms with Gasteiger partial charge in [-0.25, -0.2) is 0 Å². The van der Waals surface area contributed by atoms with E-state index in [0.29, 0.717) is 0 Å². The van der Waals surface area contributed by atoms with Crippen LogP contribution in [0.4, 0.5) is 0 Å². The van der Waals surface area contributed by atoms with Gasteiger partial charge < -0.3 is 10.3 Å².